The van der Waals surface area contributed by atoms with E-state index in [0.717, 1.165) is 35.1 Å². The molecule has 2 heterocycles. The fourth-order valence-electron chi connectivity index (χ4n) is 4.75. The molecule has 0 saturated carbocycles. The van der Waals surface area contributed by atoms with Gasteiger partial charge in [0, 0.05) is 31.1 Å². The minimum absolute atomic E-state index is 0.157. The summed E-state index contributed by atoms with van der Waals surface area (Å²) < 4.78 is 83.3. The quantitative estimate of drug-likeness (QED) is 0.229. The first kappa shape index (κ1) is 31.3. The standard InChI is InChI=1S/C30H27F6N5O2/c1-16(2)27(41-10-8-25(40-41)30(34,35)36)29(43)39-24(13-17-11-19(31)15-20(32)12-17)26-21(5-4-9-38-26)18-6-7-23(33)22(14-18)28(42)37-3/h4-12,14-16,24,27H,13H2,1-3H3,(H,37,42)(H,39,43)/t24-,27+/m0/s1. The fraction of sp³-hybridized carbons (Fsp3) is 0.267. The third-order valence-corrected chi connectivity index (χ3v) is 6.68. The van der Waals surface area contributed by atoms with Crippen LogP contribution in [0.3, 0.4) is 0 Å². The van der Waals surface area contributed by atoms with Gasteiger partial charge in [-0.15, -0.1) is 0 Å². The van der Waals surface area contributed by atoms with Crippen LogP contribution in [0.1, 0.15) is 53.2 Å². The Morgan fingerprint density at radius 3 is 2.28 bits per heavy atom. The molecule has 0 unspecified atom stereocenters. The molecule has 2 amide bonds. The Balaban J connectivity index is 1.80. The van der Waals surface area contributed by atoms with Crippen molar-refractivity contribution in [3.8, 4) is 11.1 Å². The van der Waals surface area contributed by atoms with Crippen molar-refractivity contribution in [2.45, 2.75) is 38.5 Å². The first-order chi connectivity index (χ1) is 20.3. The van der Waals surface area contributed by atoms with Gasteiger partial charge in [-0.25, -0.2) is 13.2 Å². The van der Waals surface area contributed by atoms with Crippen molar-refractivity contribution in [3.05, 3.63) is 107 Å². The zero-order chi connectivity index (χ0) is 31.5. The van der Waals surface area contributed by atoms with Crippen LogP contribution in [0.15, 0.2) is 67.0 Å². The van der Waals surface area contributed by atoms with E-state index in [0.29, 0.717) is 17.2 Å². The van der Waals surface area contributed by atoms with Gasteiger partial charge in [0.15, 0.2) is 5.69 Å². The summed E-state index contributed by atoms with van der Waals surface area (Å²) in [7, 11) is 1.34. The van der Waals surface area contributed by atoms with Crippen LogP contribution in [0.5, 0.6) is 0 Å². The first-order valence-corrected chi connectivity index (χ1v) is 13.1. The molecule has 0 aliphatic rings. The summed E-state index contributed by atoms with van der Waals surface area (Å²) in [6.45, 7) is 3.25. The molecule has 0 bridgehead atoms. The van der Waals surface area contributed by atoms with Gasteiger partial charge in [-0.3, -0.25) is 19.3 Å². The number of hydrogen-bond acceptors (Lipinski definition) is 4. The van der Waals surface area contributed by atoms with Gasteiger partial charge in [0.25, 0.3) is 5.91 Å². The number of hydrogen-bond donors (Lipinski definition) is 2. The van der Waals surface area contributed by atoms with Gasteiger partial charge in [0.1, 0.15) is 23.5 Å². The number of carbonyl (C=O) groups is 2. The number of nitrogens with one attached hydrogen (secondary N) is 2. The number of nitrogens with zero attached hydrogens (tertiary/aromatic N) is 3. The first-order valence-electron chi connectivity index (χ1n) is 13.1. The van der Waals surface area contributed by atoms with Crippen LogP contribution < -0.4 is 10.6 Å². The van der Waals surface area contributed by atoms with Crippen LogP contribution in [0.25, 0.3) is 11.1 Å². The second kappa shape index (κ2) is 12.7. The minimum Gasteiger partial charge on any atom is -0.355 e. The molecule has 13 heteroatoms. The molecule has 2 atom stereocenters. The highest BCUT2D eigenvalue weighted by Gasteiger charge is 2.36. The Kier molecular flexibility index (Phi) is 9.22. The number of pyridine rings is 1. The largest absolute Gasteiger partial charge is 0.435 e. The van der Waals surface area contributed by atoms with E-state index in [9.17, 15) is 35.9 Å². The molecule has 0 fully saturated rings. The summed E-state index contributed by atoms with van der Waals surface area (Å²) in [6.07, 6.45) is -2.43. The van der Waals surface area contributed by atoms with E-state index < -0.39 is 59.1 Å². The van der Waals surface area contributed by atoms with Crippen LogP contribution in [0, 0.1) is 23.4 Å². The van der Waals surface area contributed by atoms with E-state index in [1.165, 1.54) is 25.4 Å². The van der Waals surface area contributed by atoms with E-state index >= 15 is 0 Å². The smallest absolute Gasteiger partial charge is 0.355 e. The van der Waals surface area contributed by atoms with Gasteiger partial charge in [0.2, 0.25) is 5.91 Å². The number of carbonyl (C=O) groups excluding carboxylic acids is 2. The topological polar surface area (TPSA) is 88.9 Å². The van der Waals surface area contributed by atoms with E-state index in [1.807, 2.05) is 0 Å². The van der Waals surface area contributed by atoms with Gasteiger partial charge in [-0.05, 0) is 59.9 Å². The maximum Gasteiger partial charge on any atom is 0.435 e. The van der Waals surface area contributed by atoms with Crippen molar-refractivity contribution in [3.63, 3.8) is 0 Å². The highest BCUT2D eigenvalue weighted by Crippen LogP contribution is 2.32. The number of amides is 2. The molecule has 226 valence electrons. The number of halogens is 6. The summed E-state index contributed by atoms with van der Waals surface area (Å²) in [5, 5.41) is 8.69. The van der Waals surface area contributed by atoms with Crippen molar-refractivity contribution >= 4 is 11.8 Å². The van der Waals surface area contributed by atoms with Gasteiger partial charge >= 0.3 is 6.18 Å². The predicted octanol–water partition coefficient (Wildman–Crippen LogP) is 6.04. The lowest BCUT2D eigenvalue weighted by atomic mass is 9.93. The van der Waals surface area contributed by atoms with Crippen LogP contribution in [-0.4, -0.2) is 33.6 Å². The highest BCUT2D eigenvalue weighted by molar-refractivity contribution is 5.95. The zero-order valence-corrected chi connectivity index (χ0v) is 23.2. The van der Waals surface area contributed by atoms with Crippen LogP contribution in [0.4, 0.5) is 26.3 Å². The maximum atomic E-state index is 14.4. The molecule has 4 aromatic rings. The maximum absolute atomic E-state index is 14.4. The number of alkyl halides is 3. The monoisotopic (exact) mass is 603 g/mol. The number of benzene rings is 2. The second-order valence-electron chi connectivity index (χ2n) is 10.1. The van der Waals surface area contributed by atoms with Crippen molar-refractivity contribution in [2.24, 2.45) is 5.92 Å². The molecule has 0 radical (unpaired) electrons. The van der Waals surface area contributed by atoms with E-state index in [1.54, 1.807) is 26.0 Å². The lowest BCUT2D eigenvalue weighted by Gasteiger charge is -2.26. The molecule has 2 aromatic carbocycles. The molecular formula is C30H27F6N5O2. The van der Waals surface area contributed by atoms with Gasteiger partial charge in [0.05, 0.1) is 17.3 Å². The molecule has 4 rings (SSSR count). The molecule has 2 aromatic heterocycles. The summed E-state index contributed by atoms with van der Waals surface area (Å²) in [6, 6.07) is 8.31. The lowest BCUT2D eigenvalue weighted by Crippen LogP contribution is -2.39. The Morgan fingerprint density at radius 1 is 0.977 bits per heavy atom. The van der Waals surface area contributed by atoms with Crippen molar-refractivity contribution < 1.29 is 35.9 Å². The fourth-order valence-corrected chi connectivity index (χ4v) is 4.75. The third-order valence-electron chi connectivity index (χ3n) is 6.68. The molecule has 0 spiro atoms. The Labute approximate surface area is 242 Å². The molecule has 0 aliphatic carbocycles. The predicted molar refractivity (Wildman–Crippen MR) is 145 cm³/mol. The molecule has 0 aliphatic heterocycles. The number of rotatable bonds is 9. The third kappa shape index (κ3) is 7.22. The average molecular weight is 604 g/mol. The van der Waals surface area contributed by atoms with Gasteiger partial charge in [-0.1, -0.05) is 26.0 Å². The van der Waals surface area contributed by atoms with Crippen molar-refractivity contribution in [1.82, 2.24) is 25.4 Å². The molecule has 0 saturated heterocycles. The van der Waals surface area contributed by atoms with Crippen LogP contribution in [0.2, 0.25) is 0 Å². The summed E-state index contributed by atoms with van der Waals surface area (Å²) >= 11 is 0. The van der Waals surface area contributed by atoms with E-state index in [4.69, 9.17) is 0 Å². The van der Waals surface area contributed by atoms with Crippen LogP contribution >= 0.6 is 0 Å². The zero-order valence-electron chi connectivity index (χ0n) is 23.2. The summed E-state index contributed by atoms with van der Waals surface area (Å²) in [5.41, 5.74) is -0.336. The van der Waals surface area contributed by atoms with Crippen molar-refractivity contribution in [2.75, 3.05) is 7.05 Å². The highest BCUT2D eigenvalue weighted by atomic mass is 19.4. The molecule has 7 nitrogen and oxygen atoms in total. The minimum atomic E-state index is -4.72. The Hall–Kier alpha value is -4.68. The Morgan fingerprint density at radius 2 is 1.67 bits per heavy atom. The van der Waals surface area contributed by atoms with Crippen molar-refractivity contribution in [1.29, 1.82) is 0 Å². The summed E-state index contributed by atoms with van der Waals surface area (Å²) in [5.74, 6) is -4.41. The van der Waals surface area contributed by atoms with Gasteiger partial charge in [-0.2, -0.15) is 18.3 Å². The Bertz CT molecular complexity index is 1620. The van der Waals surface area contributed by atoms with Gasteiger partial charge < -0.3 is 10.6 Å². The molecular weight excluding hydrogens is 576 g/mol. The lowest BCUT2D eigenvalue weighted by molar-refractivity contribution is -0.142. The average Bonchev–Trinajstić information content (AvgIpc) is 3.42. The SMILES string of the molecule is CNC(=O)c1cc(-c2cccnc2[C@H](Cc2cc(F)cc(F)c2)NC(=O)[C@@H](C(C)C)n2ccc(C(F)(F)F)n2)ccc1F. The normalized spacial score (nSPS) is 13.1. The summed E-state index contributed by atoms with van der Waals surface area (Å²) in [4.78, 5) is 30.4. The van der Waals surface area contributed by atoms with E-state index in [2.05, 4.69) is 20.7 Å². The second-order valence-corrected chi connectivity index (χ2v) is 10.1. The number of aromatic nitrogens is 3. The van der Waals surface area contributed by atoms with E-state index in [-0.39, 0.29) is 23.2 Å². The molecule has 43 heavy (non-hydrogen) atoms. The van der Waals surface area contributed by atoms with Crippen LogP contribution in [-0.2, 0) is 17.4 Å². The molecule has 2 N–H and O–H groups in total.